The van der Waals surface area contributed by atoms with Crippen molar-refractivity contribution in [1.29, 1.82) is 0 Å². The maximum Gasteiger partial charge on any atom is 0.416 e. The summed E-state index contributed by atoms with van der Waals surface area (Å²) in [7, 11) is 0. The molecule has 138 valence electrons. The molecule has 0 spiro atoms. The Bertz CT molecular complexity index is 945. The van der Waals surface area contributed by atoms with E-state index in [1.165, 1.54) is 12.3 Å². The molecule has 4 nitrogen and oxygen atoms in total. The Morgan fingerprint density at radius 3 is 2.33 bits per heavy atom. The minimum Gasteiger partial charge on any atom is -0.354 e. The van der Waals surface area contributed by atoms with E-state index in [1.807, 2.05) is 0 Å². The summed E-state index contributed by atoms with van der Waals surface area (Å²) in [5.74, 6) is -0.315. The molecule has 2 aromatic carbocycles. The van der Waals surface area contributed by atoms with Crippen molar-refractivity contribution in [2.75, 3.05) is 10.6 Å². The van der Waals surface area contributed by atoms with Gasteiger partial charge in [-0.2, -0.15) is 13.2 Å². The van der Waals surface area contributed by atoms with Crippen molar-refractivity contribution < 1.29 is 18.0 Å². The van der Waals surface area contributed by atoms with E-state index in [-0.39, 0.29) is 16.6 Å². The average molecular weight is 392 g/mol. The lowest BCUT2D eigenvalue weighted by Gasteiger charge is -2.13. The highest BCUT2D eigenvalue weighted by molar-refractivity contribution is 6.33. The molecule has 0 aliphatic heterocycles. The number of benzene rings is 2. The van der Waals surface area contributed by atoms with E-state index in [2.05, 4.69) is 15.6 Å². The zero-order chi connectivity index (χ0) is 19.4. The van der Waals surface area contributed by atoms with Gasteiger partial charge in [-0.25, -0.2) is 0 Å². The fourth-order valence-corrected chi connectivity index (χ4v) is 2.45. The standard InChI is InChI=1S/C19H13ClF3N3O/c20-16-8-3-13(19(21,22)23)10-17(16)25-14-4-6-15(7-5-14)26-18(27)12-2-1-9-24-11-12/h1-11,25H,(H,26,27). The van der Waals surface area contributed by atoms with Gasteiger partial charge in [-0.15, -0.1) is 0 Å². The molecule has 1 amide bonds. The van der Waals surface area contributed by atoms with Gasteiger partial charge >= 0.3 is 6.18 Å². The van der Waals surface area contributed by atoms with Gasteiger partial charge in [0, 0.05) is 23.8 Å². The van der Waals surface area contributed by atoms with Crippen molar-refractivity contribution in [3.05, 3.63) is 83.1 Å². The molecule has 0 aliphatic carbocycles. The first-order valence-electron chi connectivity index (χ1n) is 7.78. The highest BCUT2D eigenvalue weighted by atomic mass is 35.5. The van der Waals surface area contributed by atoms with Gasteiger partial charge in [-0.3, -0.25) is 9.78 Å². The number of halogens is 4. The molecule has 0 unspecified atom stereocenters. The molecule has 8 heteroatoms. The van der Waals surface area contributed by atoms with Crippen molar-refractivity contribution in [2.45, 2.75) is 6.18 Å². The van der Waals surface area contributed by atoms with E-state index in [0.29, 0.717) is 16.9 Å². The number of alkyl halides is 3. The Morgan fingerprint density at radius 2 is 1.70 bits per heavy atom. The summed E-state index contributed by atoms with van der Waals surface area (Å²) in [5, 5.41) is 5.71. The van der Waals surface area contributed by atoms with Gasteiger partial charge in [0.2, 0.25) is 0 Å². The van der Waals surface area contributed by atoms with Gasteiger partial charge in [0.05, 0.1) is 21.8 Å². The quantitative estimate of drug-likeness (QED) is 0.595. The van der Waals surface area contributed by atoms with Crippen molar-refractivity contribution in [1.82, 2.24) is 4.98 Å². The molecule has 0 fully saturated rings. The van der Waals surface area contributed by atoms with E-state index < -0.39 is 11.7 Å². The third-order valence-corrected chi connectivity index (χ3v) is 3.97. The summed E-state index contributed by atoms with van der Waals surface area (Å²) in [4.78, 5) is 16.0. The second-order valence-electron chi connectivity index (χ2n) is 5.59. The Balaban J connectivity index is 1.72. The zero-order valence-corrected chi connectivity index (χ0v) is 14.5. The van der Waals surface area contributed by atoms with Crippen LogP contribution in [0.5, 0.6) is 0 Å². The number of aromatic nitrogens is 1. The Kier molecular flexibility index (Phi) is 5.32. The molecule has 27 heavy (non-hydrogen) atoms. The highest BCUT2D eigenvalue weighted by Crippen LogP contribution is 2.35. The number of nitrogens with one attached hydrogen (secondary N) is 2. The van der Waals surface area contributed by atoms with Crippen molar-refractivity contribution >= 4 is 34.6 Å². The van der Waals surface area contributed by atoms with Crippen LogP contribution in [0.15, 0.2) is 67.0 Å². The Labute approximate surface area is 158 Å². The number of rotatable bonds is 4. The summed E-state index contributed by atoms with van der Waals surface area (Å²) in [5.41, 5.74) is 0.809. The smallest absolute Gasteiger partial charge is 0.354 e. The van der Waals surface area contributed by atoms with Gasteiger partial charge in [0.15, 0.2) is 0 Å². The molecule has 0 bridgehead atoms. The Hall–Kier alpha value is -3.06. The summed E-state index contributed by atoms with van der Waals surface area (Å²) in [6.45, 7) is 0. The van der Waals surface area contributed by atoms with Crippen LogP contribution in [0, 0.1) is 0 Å². The largest absolute Gasteiger partial charge is 0.416 e. The van der Waals surface area contributed by atoms with Gasteiger partial charge < -0.3 is 10.6 Å². The molecule has 0 aliphatic rings. The third kappa shape index (κ3) is 4.77. The highest BCUT2D eigenvalue weighted by Gasteiger charge is 2.30. The van der Waals surface area contributed by atoms with Gasteiger partial charge in [0.1, 0.15) is 0 Å². The first kappa shape index (κ1) is 18.7. The molecule has 3 aromatic rings. The van der Waals surface area contributed by atoms with Crippen molar-refractivity contribution in [2.24, 2.45) is 0 Å². The monoisotopic (exact) mass is 391 g/mol. The number of anilines is 3. The molecular formula is C19H13ClF3N3O. The van der Waals surface area contributed by atoms with Crippen LogP contribution in [0.1, 0.15) is 15.9 Å². The summed E-state index contributed by atoms with van der Waals surface area (Å²) in [6.07, 6.45) is -1.45. The van der Waals surface area contributed by atoms with Crippen LogP contribution in [-0.4, -0.2) is 10.9 Å². The first-order chi connectivity index (χ1) is 12.8. The van der Waals surface area contributed by atoms with Crippen LogP contribution in [0.2, 0.25) is 5.02 Å². The van der Waals surface area contributed by atoms with Crippen LogP contribution in [0.25, 0.3) is 0 Å². The second-order valence-corrected chi connectivity index (χ2v) is 6.00. The number of hydrogen-bond acceptors (Lipinski definition) is 3. The van der Waals surface area contributed by atoms with E-state index in [0.717, 1.165) is 12.1 Å². The lowest BCUT2D eigenvalue weighted by atomic mass is 10.2. The van der Waals surface area contributed by atoms with Gasteiger partial charge in [-0.05, 0) is 54.6 Å². The fraction of sp³-hybridized carbons (Fsp3) is 0.0526. The molecule has 0 atom stereocenters. The molecule has 0 saturated heterocycles. The van der Waals surface area contributed by atoms with E-state index in [9.17, 15) is 18.0 Å². The summed E-state index contributed by atoms with van der Waals surface area (Å²) in [6, 6.07) is 12.8. The predicted octanol–water partition coefficient (Wildman–Crippen LogP) is 5.75. The number of nitrogens with zero attached hydrogens (tertiary/aromatic N) is 1. The Morgan fingerprint density at radius 1 is 1.00 bits per heavy atom. The van der Waals surface area contributed by atoms with Crippen LogP contribution < -0.4 is 10.6 Å². The average Bonchev–Trinajstić information content (AvgIpc) is 2.65. The molecular weight excluding hydrogens is 379 g/mol. The van der Waals surface area contributed by atoms with Gasteiger partial charge in [0.25, 0.3) is 5.91 Å². The number of pyridine rings is 1. The molecule has 1 aromatic heterocycles. The minimum absolute atomic E-state index is 0.138. The maximum atomic E-state index is 12.8. The van der Waals surface area contributed by atoms with Crippen LogP contribution in [0.4, 0.5) is 30.2 Å². The van der Waals surface area contributed by atoms with Crippen LogP contribution in [0.3, 0.4) is 0 Å². The SMILES string of the molecule is O=C(Nc1ccc(Nc2cc(C(F)(F)F)ccc2Cl)cc1)c1cccnc1. The summed E-state index contributed by atoms with van der Waals surface area (Å²) >= 11 is 5.97. The molecule has 3 rings (SSSR count). The van der Waals surface area contributed by atoms with Crippen LogP contribution >= 0.6 is 11.6 Å². The van der Waals surface area contributed by atoms with Crippen LogP contribution in [-0.2, 0) is 6.18 Å². The third-order valence-electron chi connectivity index (χ3n) is 3.64. The van der Waals surface area contributed by atoms with E-state index >= 15 is 0 Å². The number of carbonyl (C=O) groups is 1. The minimum atomic E-state index is -4.46. The number of hydrogen-bond donors (Lipinski definition) is 2. The lowest BCUT2D eigenvalue weighted by Crippen LogP contribution is -2.11. The normalized spacial score (nSPS) is 11.1. The topological polar surface area (TPSA) is 54.0 Å². The maximum absolute atomic E-state index is 12.8. The second kappa shape index (κ2) is 7.67. The predicted molar refractivity (Wildman–Crippen MR) is 98.4 cm³/mol. The number of carbonyl (C=O) groups excluding carboxylic acids is 1. The fourth-order valence-electron chi connectivity index (χ4n) is 2.29. The zero-order valence-electron chi connectivity index (χ0n) is 13.7. The molecule has 0 radical (unpaired) electrons. The van der Waals surface area contributed by atoms with E-state index in [4.69, 9.17) is 11.6 Å². The molecule has 0 saturated carbocycles. The molecule has 2 N–H and O–H groups in total. The molecule has 1 heterocycles. The van der Waals surface area contributed by atoms with Gasteiger partial charge in [-0.1, -0.05) is 11.6 Å². The van der Waals surface area contributed by atoms with Crippen molar-refractivity contribution in [3.8, 4) is 0 Å². The number of amides is 1. The van der Waals surface area contributed by atoms with E-state index in [1.54, 1.807) is 42.6 Å². The first-order valence-corrected chi connectivity index (χ1v) is 8.16. The van der Waals surface area contributed by atoms with Crippen molar-refractivity contribution in [3.63, 3.8) is 0 Å². The summed E-state index contributed by atoms with van der Waals surface area (Å²) < 4.78 is 38.5. The lowest BCUT2D eigenvalue weighted by molar-refractivity contribution is -0.137.